The molecule has 31 heavy (non-hydrogen) atoms. The van der Waals surface area contributed by atoms with Gasteiger partial charge in [0.25, 0.3) is 0 Å². The number of nitrogens with one attached hydrogen (secondary N) is 3. The van der Waals surface area contributed by atoms with Crippen LogP contribution in [0.1, 0.15) is 29.7 Å². The smallest absolute Gasteiger partial charge is 0.319 e. The van der Waals surface area contributed by atoms with E-state index in [0.717, 1.165) is 36.3 Å². The highest BCUT2D eigenvalue weighted by Crippen LogP contribution is 2.38. The van der Waals surface area contributed by atoms with Gasteiger partial charge in [0.05, 0.1) is 20.3 Å². The highest BCUT2D eigenvalue weighted by Gasteiger charge is 2.31. The second kappa shape index (κ2) is 10.3. The molecule has 0 radical (unpaired) electrons. The number of nitrogens with zero attached hydrogens (tertiary/aromatic N) is 1. The minimum Gasteiger partial charge on any atom is -0.493 e. The van der Waals surface area contributed by atoms with Crippen LogP contribution >= 0.6 is 12.2 Å². The standard InChI is InChI=1S/C23H30N4O3S/c1-5-24-23(31)27-11-10-16-12-20(29-3)21(30-4)13-18(16)19(27)14-25-22(28)26-17-8-6-15(2)7-9-17/h6-9,12-13,19H,5,10-11,14H2,1-4H3,(H,24,31)(H2,25,26,28)/t19-/m0/s1. The number of ether oxygens (including phenoxy) is 2. The van der Waals surface area contributed by atoms with E-state index in [4.69, 9.17) is 21.7 Å². The van der Waals surface area contributed by atoms with Crippen molar-refractivity contribution >= 4 is 29.0 Å². The van der Waals surface area contributed by atoms with Crippen molar-refractivity contribution in [2.45, 2.75) is 26.3 Å². The summed E-state index contributed by atoms with van der Waals surface area (Å²) in [5.74, 6) is 1.36. The molecule has 2 aromatic carbocycles. The summed E-state index contributed by atoms with van der Waals surface area (Å²) in [5.41, 5.74) is 4.12. The third kappa shape index (κ3) is 5.38. The number of rotatable bonds is 6. The lowest BCUT2D eigenvalue weighted by Gasteiger charge is -2.39. The van der Waals surface area contributed by atoms with Crippen molar-refractivity contribution in [1.82, 2.24) is 15.5 Å². The van der Waals surface area contributed by atoms with Gasteiger partial charge < -0.3 is 30.3 Å². The van der Waals surface area contributed by atoms with Crippen molar-refractivity contribution in [3.8, 4) is 11.5 Å². The molecule has 1 aliphatic heterocycles. The quantitative estimate of drug-likeness (QED) is 0.594. The molecule has 3 rings (SSSR count). The molecular weight excluding hydrogens is 412 g/mol. The van der Waals surface area contributed by atoms with Gasteiger partial charge in [-0.05, 0) is 67.9 Å². The first-order valence-electron chi connectivity index (χ1n) is 10.4. The van der Waals surface area contributed by atoms with Gasteiger partial charge in [-0.2, -0.15) is 0 Å². The van der Waals surface area contributed by atoms with Crippen LogP contribution in [0.4, 0.5) is 10.5 Å². The third-order valence-electron chi connectivity index (χ3n) is 5.36. The maximum Gasteiger partial charge on any atom is 0.319 e. The van der Waals surface area contributed by atoms with E-state index in [9.17, 15) is 4.79 Å². The summed E-state index contributed by atoms with van der Waals surface area (Å²) in [4.78, 5) is 14.7. The van der Waals surface area contributed by atoms with Gasteiger partial charge in [0, 0.05) is 25.3 Å². The van der Waals surface area contributed by atoms with Crippen molar-refractivity contribution in [1.29, 1.82) is 0 Å². The van der Waals surface area contributed by atoms with E-state index < -0.39 is 0 Å². The molecule has 1 aliphatic rings. The first-order valence-corrected chi connectivity index (χ1v) is 10.8. The summed E-state index contributed by atoms with van der Waals surface area (Å²) in [5, 5.41) is 9.79. The molecule has 0 spiro atoms. The Labute approximate surface area is 189 Å². The molecule has 0 bridgehead atoms. The van der Waals surface area contributed by atoms with Gasteiger partial charge >= 0.3 is 6.03 Å². The lowest BCUT2D eigenvalue weighted by atomic mass is 9.92. The second-order valence-electron chi connectivity index (χ2n) is 7.40. The van der Waals surface area contributed by atoms with Crippen molar-refractivity contribution in [3.05, 3.63) is 53.1 Å². The van der Waals surface area contributed by atoms with Crippen LogP contribution in [0.2, 0.25) is 0 Å². The number of hydrogen-bond donors (Lipinski definition) is 3. The van der Waals surface area contributed by atoms with Crippen LogP contribution in [0.15, 0.2) is 36.4 Å². The predicted octanol–water partition coefficient (Wildman–Crippen LogP) is 3.63. The SMILES string of the molecule is CCNC(=S)N1CCc2cc(OC)c(OC)cc2[C@@H]1CNC(=O)Nc1ccc(C)cc1. The number of thiocarbonyl (C=S) groups is 1. The number of benzene rings is 2. The maximum absolute atomic E-state index is 12.5. The van der Waals surface area contributed by atoms with Crippen molar-refractivity contribution in [3.63, 3.8) is 0 Å². The average Bonchev–Trinajstić information content (AvgIpc) is 2.77. The zero-order chi connectivity index (χ0) is 22.4. The third-order valence-corrected chi connectivity index (χ3v) is 5.74. The molecule has 2 aromatic rings. The Kier molecular flexibility index (Phi) is 7.57. The van der Waals surface area contributed by atoms with E-state index in [1.54, 1.807) is 14.2 Å². The zero-order valence-electron chi connectivity index (χ0n) is 18.5. The van der Waals surface area contributed by atoms with Gasteiger partial charge in [-0.3, -0.25) is 0 Å². The number of methoxy groups -OCH3 is 2. The first kappa shape index (κ1) is 22.7. The van der Waals surface area contributed by atoms with Gasteiger partial charge in [0.15, 0.2) is 16.6 Å². The van der Waals surface area contributed by atoms with E-state index >= 15 is 0 Å². The van der Waals surface area contributed by atoms with E-state index in [1.807, 2.05) is 50.2 Å². The molecule has 0 saturated heterocycles. The molecule has 1 atom stereocenters. The number of hydrogen-bond acceptors (Lipinski definition) is 4. The van der Waals surface area contributed by atoms with E-state index in [2.05, 4.69) is 20.9 Å². The minimum atomic E-state index is -0.259. The lowest BCUT2D eigenvalue weighted by molar-refractivity contribution is 0.242. The molecular formula is C23H30N4O3S. The van der Waals surface area contributed by atoms with Gasteiger partial charge in [0.2, 0.25) is 0 Å². The fraction of sp³-hybridized carbons (Fsp3) is 0.391. The Morgan fingerprint density at radius 2 is 1.81 bits per heavy atom. The Morgan fingerprint density at radius 1 is 1.13 bits per heavy atom. The molecule has 166 valence electrons. The Bertz CT molecular complexity index is 933. The van der Waals surface area contributed by atoms with Crippen LogP contribution in [0.25, 0.3) is 0 Å². The van der Waals surface area contributed by atoms with Crippen molar-refractivity contribution in [2.24, 2.45) is 0 Å². The van der Waals surface area contributed by atoms with Gasteiger partial charge in [-0.25, -0.2) is 4.79 Å². The minimum absolute atomic E-state index is 0.126. The summed E-state index contributed by atoms with van der Waals surface area (Å²) < 4.78 is 11.0. The lowest BCUT2D eigenvalue weighted by Crippen LogP contribution is -2.49. The Hall–Kier alpha value is -3.00. The predicted molar refractivity (Wildman–Crippen MR) is 127 cm³/mol. The number of carbonyl (C=O) groups excluding carboxylic acids is 1. The Morgan fingerprint density at radius 3 is 2.45 bits per heavy atom. The number of fused-ring (bicyclic) bond motifs is 1. The first-order chi connectivity index (χ1) is 15.0. The molecule has 0 aliphatic carbocycles. The molecule has 0 saturated carbocycles. The molecule has 0 aromatic heterocycles. The number of aryl methyl sites for hydroxylation is 1. The van der Waals surface area contributed by atoms with Crippen LogP contribution in [0.5, 0.6) is 11.5 Å². The molecule has 8 heteroatoms. The highest BCUT2D eigenvalue weighted by atomic mass is 32.1. The van der Waals surface area contributed by atoms with E-state index in [1.165, 1.54) is 5.56 Å². The number of amides is 2. The summed E-state index contributed by atoms with van der Waals surface area (Å²) >= 11 is 5.62. The molecule has 1 heterocycles. The molecule has 3 N–H and O–H groups in total. The fourth-order valence-electron chi connectivity index (χ4n) is 3.75. The second-order valence-corrected chi connectivity index (χ2v) is 7.79. The van der Waals surface area contributed by atoms with Gasteiger partial charge in [0.1, 0.15) is 0 Å². The van der Waals surface area contributed by atoms with Gasteiger partial charge in [-0.1, -0.05) is 17.7 Å². The number of urea groups is 1. The normalized spacial score (nSPS) is 15.0. The van der Waals surface area contributed by atoms with Crippen molar-refractivity contribution < 1.29 is 14.3 Å². The molecule has 2 amide bonds. The molecule has 0 fully saturated rings. The molecule has 0 unspecified atom stereocenters. The topological polar surface area (TPSA) is 74.9 Å². The monoisotopic (exact) mass is 442 g/mol. The average molecular weight is 443 g/mol. The van der Waals surface area contributed by atoms with E-state index in [-0.39, 0.29) is 12.1 Å². The van der Waals surface area contributed by atoms with E-state index in [0.29, 0.717) is 23.2 Å². The maximum atomic E-state index is 12.5. The van der Waals surface area contributed by atoms with Gasteiger partial charge in [-0.15, -0.1) is 0 Å². The zero-order valence-corrected chi connectivity index (χ0v) is 19.3. The van der Waals surface area contributed by atoms with Crippen LogP contribution in [0.3, 0.4) is 0 Å². The largest absolute Gasteiger partial charge is 0.493 e. The fourth-order valence-corrected chi connectivity index (χ4v) is 4.11. The van der Waals surface area contributed by atoms with Crippen LogP contribution in [0, 0.1) is 6.92 Å². The highest BCUT2D eigenvalue weighted by molar-refractivity contribution is 7.80. The Balaban J connectivity index is 1.81. The summed E-state index contributed by atoms with van der Waals surface area (Å²) in [6.45, 7) is 5.91. The summed E-state index contributed by atoms with van der Waals surface area (Å²) in [7, 11) is 3.25. The number of carbonyl (C=O) groups is 1. The summed E-state index contributed by atoms with van der Waals surface area (Å²) in [6.07, 6.45) is 0.827. The van der Waals surface area contributed by atoms with Crippen LogP contribution < -0.4 is 25.4 Å². The van der Waals surface area contributed by atoms with Crippen LogP contribution in [-0.2, 0) is 6.42 Å². The summed E-state index contributed by atoms with van der Waals surface area (Å²) in [6, 6.07) is 11.3. The number of anilines is 1. The van der Waals surface area contributed by atoms with Crippen LogP contribution in [-0.4, -0.2) is 49.9 Å². The van der Waals surface area contributed by atoms with Crippen molar-refractivity contribution in [2.75, 3.05) is 39.2 Å². The molecule has 7 nitrogen and oxygen atoms in total.